The van der Waals surface area contributed by atoms with Gasteiger partial charge in [-0.25, -0.2) is 0 Å². The molecule has 4 nitrogen and oxygen atoms in total. The van der Waals surface area contributed by atoms with Gasteiger partial charge in [-0.2, -0.15) is 0 Å². The molecule has 0 bridgehead atoms. The summed E-state index contributed by atoms with van der Waals surface area (Å²) in [6, 6.07) is 7.34. The van der Waals surface area contributed by atoms with E-state index in [-0.39, 0.29) is 6.10 Å². The normalized spacial score (nSPS) is 17.4. The third-order valence-electron chi connectivity index (χ3n) is 3.49. The molecule has 5 heteroatoms. The fourth-order valence-corrected chi connectivity index (χ4v) is 2.60. The van der Waals surface area contributed by atoms with E-state index in [1.165, 1.54) is 0 Å². The predicted octanol–water partition coefficient (Wildman–Crippen LogP) is 2.43. The van der Waals surface area contributed by atoms with Crippen molar-refractivity contribution in [2.24, 2.45) is 0 Å². The van der Waals surface area contributed by atoms with Gasteiger partial charge < -0.3 is 20.1 Å². The highest BCUT2D eigenvalue weighted by molar-refractivity contribution is 7.80. The first-order chi connectivity index (χ1) is 10.2. The molecule has 2 rings (SSSR count). The maximum Gasteiger partial charge on any atom is 0.169 e. The van der Waals surface area contributed by atoms with E-state index in [1.54, 1.807) is 12.1 Å². The summed E-state index contributed by atoms with van der Waals surface area (Å²) in [6.07, 6.45) is 4.14. The van der Waals surface area contributed by atoms with Crippen molar-refractivity contribution < 1.29 is 9.84 Å². The van der Waals surface area contributed by atoms with E-state index in [4.69, 9.17) is 17.0 Å². The number of rotatable bonds is 6. The van der Waals surface area contributed by atoms with Crippen LogP contribution in [0.3, 0.4) is 0 Å². The number of para-hydroxylation sites is 1. The van der Waals surface area contributed by atoms with Crippen molar-refractivity contribution in [3.05, 3.63) is 42.5 Å². The molecule has 1 fully saturated rings. The van der Waals surface area contributed by atoms with Crippen LogP contribution in [0.2, 0.25) is 0 Å². The molecule has 0 amide bonds. The molecule has 114 valence electrons. The molecule has 0 aliphatic carbocycles. The van der Waals surface area contributed by atoms with Crippen molar-refractivity contribution in [3.8, 4) is 5.75 Å². The molecule has 2 N–H and O–H groups in total. The summed E-state index contributed by atoms with van der Waals surface area (Å²) in [5, 5.41) is 13.7. The number of phenols is 1. The number of hydrogen-bond donors (Lipinski definition) is 2. The standard InChI is InChI=1S/C16H22N2O2S/c1-2-9-17-16(21)18(12-14-7-5-10-20-14)11-13-6-3-4-8-15(13)19/h2-4,6,8,14,19H,1,5,7,9-12H2,(H,17,21)/t14-/m0/s1. The van der Waals surface area contributed by atoms with Gasteiger partial charge in [0.1, 0.15) is 5.75 Å². The van der Waals surface area contributed by atoms with Crippen LogP contribution in [0.1, 0.15) is 18.4 Å². The van der Waals surface area contributed by atoms with Gasteiger partial charge in [0.2, 0.25) is 0 Å². The van der Waals surface area contributed by atoms with E-state index >= 15 is 0 Å². The number of ether oxygens (including phenoxy) is 1. The van der Waals surface area contributed by atoms with Gasteiger partial charge in [-0.1, -0.05) is 24.3 Å². The molecular weight excluding hydrogens is 284 g/mol. The van der Waals surface area contributed by atoms with Crippen LogP contribution in [-0.4, -0.2) is 40.9 Å². The highest BCUT2D eigenvalue weighted by Crippen LogP contribution is 2.20. The van der Waals surface area contributed by atoms with Gasteiger partial charge in [0.05, 0.1) is 6.10 Å². The Bertz CT molecular complexity index is 487. The lowest BCUT2D eigenvalue weighted by Crippen LogP contribution is -2.43. The Labute approximate surface area is 131 Å². The SMILES string of the molecule is C=CCNC(=S)N(Cc1ccccc1O)C[C@@H]1CCCO1. The van der Waals surface area contributed by atoms with Crippen molar-refractivity contribution in [1.82, 2.24) is 10.2 Å². The lowest BCUT2D eigenvalue weighted by atomic mass is 10.1. The molecule has 0 spiro atoms. The second-order valence-corrected chi connectivity index (χ2v) is 5.51. The zero-order valence-corrected chi connectivity index (χ0v) is 12.9. The van der Waals surface area contributed by atoms with Crippen LogP contribution in [0.25, 0.3) is 0 Å². The van der Waals surface area contributed by atoms with Gasteiger partial charge in [0.15, 0.2) is 5.11 Å². The van der Waals surface area contributed by atoms with Crippen LogP contribution in [0.4, 0.5) is 0 Å². The number of aromatic hydroxyl groups is 1. The number of phenolic OH excluding ortho intramolecular Hbond substituents is 1. The molecule has 1 aliphatic heterocycles. The van der Waals surface area contributed by atoms with E-state index in [0.717, 1.165) is 31.6 Å². The molecule has 0 aromatic heterocycles. The van der Waals surface area contributed by atoms with Crippen molar-refractivity contribution >= 4 is 17.3 Å². The maximum absolute atomic E-state index is 9.94. The van der Waals surface area contributed by atoms with Gasteiger partial charge in [-0.05, 0) is 31.1 Å². The van der Waals surface area contributed by atoms with Crippen LogP contribution >= 0.6 is 12.2 Å². The third kappa shape index (κ3) is 4.72. The van der Waals surface area contributed by atoms with E-state index < -0.39 is 0 Å². The third-order valence-corrected chi connectivity index (χ3v) is 3.89. The second kappa shape index (κ2) is 8.00. The van der Waals surface area contributed by atoms with Crippen LogP contribution in [-0.2, 0) is 11.3 Å². The molecule has 1 aromatic carbocycles. The summed E-state index contributed by atoms with van der Waals surface area (Å²) in [4.78, 5) is 2.05. The molecule has 0 saturated carbocycles. The Hall–Kier alpha value is -1.59. The Morgan fingerprint density at radius 3 is 3.00 bits per heavy atom. The summed E-state index contributed by atoms with van der Waals surface area (Å²) >= 11 is 5.45. The first-order valence-electron chi connectivity index (χ1n) is 7.23. The van der Waals surface area contributed by atoms with Gasteiger partial charge >= 0.3 is 0 Å². The Morgan fingerprint density at radius 1 is 1.52 bits per heavy atom. The van der Waals surface area contributed by atoms with Crippen molar-refractivity contribution in [3.63, 3.8) is 0 Å². The molecule has 21 heavy (non-hydrogen) atoms. The molecule has 0 radical (unpaired) electrons. The largest absolute Gasteiger partial charge is 0.508 e. The topological polar surface area (TPSA) is 44.7 Å². The monoisotopic (exact) mass is 306 g/mol. The van der Waals surface area contributed by atoms with Crippen LogP contribution in [0.5, 0.6) is 5.75 Å². The Morgan fingerprint density at radius 2 is 2.33 bits per heavy atom. The van der Waals surface area contributed by atoms with Crippen LogP contribution in [0, 0.1) is 0 Å². The van der Waals surface area contributed by atoms with E-state index in [2.05, 4.69) is 11.9 Å². The summed E-state index contributed by atoms with van der Waals surface area (Å²) in [5.74, 6) is 0.293. The number of thiocarbonyl (C=S) groups is 1. The summed E-state index contributed by atoms with van der Waals surface area (Å²) < 4.78 is 5.69. The maximum atomic E-state index is 9.94. The molecule has 0 unspecified atom stereocenters. The summed E-state index contributed by atoms with van der Waals surface area (Å²) in [6.45, 7) is 6.43. The van der Waals surface area contributed by atoms with Crippen molar-refractivity contribution in [2.45, 2.75) is 25.5 Å². The molecule has 1 aliphatic rings. The number of hydrogen-bond acceptors (Lipinski definition) is 3. The van der Waals surface area contributed by atoms with Crippen LogP contribution < -0.4 is 5.32 Å². The molecule has 1 atom stereocenters. The van der Waals surface area contributed by atoms with Crippen molar-refractivity contribution in [2.75, 3.05) is 19.7 Å². The smallest absolute Gasteiger partial charge is 0.169 e. The summed E-state index contributed by atoms with van der Waals surface area (Å²) in [5.41, 5.74) is 0.859. The Kier molecular flexibility index (Phi) is 6.02. The minimum absolute atomic E-state index is 0.208. The van der Waals surface area contributed by atoms with E-state index in [1.807, 2.05) is 23.1 Å². The first kappa shape index (κ1) is 15.8. The van der Waals surface area contributed by atoms with Gasteiger partial charge in [0, 0.05) is 31.8 Å². The first-order valence-corrected chi connectivity index (χ1v) is 7.63. The quantitative estimate of drug-likeness (QED) is 0.624. The lowest BCUT2D eigenvalue weighted by molar-refractivity contribution is 0.0896. The lowest BCUT2D eigenvalue weighted by Gasteiger charge is -2.28. The second-order valence-electron chi connectivity index (χ2n) is 5.12. The molecule has 1 aromatic rings. The average molecular weight is 306 g/mol. The minimum Gasteiger partial charge on any atom is -0.508 e. The number of benzene rings is 1. The summed E-state index contributed by atoms with van der Waals surface area (Å²) in [7, 11) is 0. The van der Waals surface area contributed by atoms with E-state index in [9.17, 15) is 5.11 Å². The zero-order valence-electron chi connectivity index (χ0n) is 12.1. The fourth-order valence-electron chi connectivity index (χ4n) is 2.37. The van der Waals surface area contributed by atoms with E-state index in [0.29, 0.717) is 24.0 Å². The van der Waals surface area contributed by atoms with Gasteiger partial charge in [0.25, 0.3) is 0 Å². The predicted molar refractivity (Wildman–Crippen MR) is 88.3 cm³/mol. The Balaban J connectivity index is 2.04. The number of nitrogens with one attached hydrogen (secondary N) is 1. The molecule has 1 saturated heterocycles. The minimum atomic E-state index is 0.208. The van der Waals surface area contributed by atoms with Gasteiger partial charge in [-0.3, -0.25) is 0 Å². The van der Waals surface area contributed by atoms with Gasteiger partial charge in [-0.15, -0.1) is 6.58 Å². The van der Waals surface area contributed by atoms with Crippen LogP contribution in [0.15, 0.2) is 36.9 Å². The van der Waals surface area contributed by atoms with Crippen molar-refractivity contribution in [1.29, 1.82) is 0 Å². The average Bonchev–Trinajstić information content (AvgIpc) is 2.99. The highest BCUT2D eigenvalue weighted by Gasteiger charge is 2.21. The molecular formula is C16H22N2O2S. The molecule has 1 heterocycles. The zero-order chi connectivity index (χ0) is 15.1. The highest BCUT2D eigenvalue weighted by atomic mass is 32.1. The number of nitrogens with zero attached hydrogens (tertiary/aromatic N) is 1. The fraction of sp³-hybridized carbons (Fsp3) is 0.438.